The largest absolute Gasteiger partial charge is 0.416 e. The molecule has 0 amide bonds. The molecule has 0 saturated heterocycles. The van der Waals surface area contributed by atoms with Crippen molar-refractivity contribution in [1.82, 2.24) is 0 Å². The maximum Gasteiger partial charge on any atom is 0.416 e. The van der Waals surface area contributed by atoms with E-state index < -0.39 is 11.7 Å². The Labute approximate surface area is 101 Å². The second-order valence-electron chi connectivity index (χ2n) is 2.85. The van der Waals surface area contributed by atoms with Crippen LogP contribution in [0.15, 0.2) is 24.3 Å². The van der Waals surface area contributed by atoms with Gasteiger partial charge in [-0.05, 0) is 11.6 Å². The summed E-state index contributed by atoms with van der Waals surface area (Å²) in [7, 11) is 0. The van der Waals surface area contributed by atoms with Gasteiger partial charge in [-0.2, -0.15) is 13.2 Å². The summed E-state index contributed by atoms with van der Waals surface area (Å²) in [5, 5.41) is 6.83. The Kier molecular flexibility index (Phi) is 5.67. The molecule has 0 aliphatic heterocycles. The van der Waals surface area contributed by atoms with Crippen LogP contribution in [-0.4, -0.2) is 5.17 Å². The maximum absolute atomic E-state index is 12.3. The molecule has 0 spiro atoms. The monoisotopic (exact) mass is 270 g/mol. The number of hydrogen-bond donors (Lipinski definition) is 2. The first-order valence-electron chi connectivity index (χ1n) is 4.02. The molecule has 16 heavy (non-hydrogen) atoms. The lowest BCUT2D eigenvalue weighted by molar-refractivity contribution is -0.137. The fraction of sp³-hybridized carbons (Fsp3) is 0.222. The van der Waals surface area contributed by atoms with E-state index in [9.17, 15) is 13.2 Å². The highest BCUT2D eigenvalue weighted by molar-refractivity contribution is 8.13. The summed E-state index contributed by atoms with van der Waals surface area (Å²) in [5.41, 5.74) is 4.92. The quantitative estimate of drug-likeness (QED) is 0.640. The third-order valence-electron chi connectivity index (χ3n) is 1.65. The molecular formula is C9H10ClF3N2S. The first kappa shape index (κ1) is 15.1. The summed E-state index contributed by atoms with van der Waals surface area (Å²) in [5.74, 6) is 0.277. The van der Waals surface area contributed by atoms with Crippen LogP contribution in [0.1, 0.15) is 11.1 Å². The van der Waals surface area contributed by atoms with Gasteiger partial charge in [0.05, 0.1) is 5.56 Å². The Morgan fingerprint density at radius 3 is 2.50 bits per heavy atom. The van der Waals surface area contributed by atoms with E-state index in [0.29, 0.717) is 5.56 Å². The molecule has 0 aromatic heterocycles. The lowest BCUT2D eigenvalue weighted by atomic mass is 10.1. The predicted octanol–water partition coefficient (Wildman–Crippen LogP) is 3.25. The molecule has 90 valence electrons. The number of nitrogens with one attached hydrogen (secondary N) is 1. The third kappa shape index (κ3) is 4.76. The standard InChI is InChI=1S/C9H9F3N2S.ClH/c10-9(11,12)7-3-1-2-6(4-7)5-15-8(13)14;/h1-4H,5H2,(H3,13,14);1H. The van der Waals surface area contributed by atoms with Crippen LogP contribution < -0.4 is 5.73 Å². The van der Waals surface area contributed by atoms with Gasteiger partial charge in [0.1, 0.15) is 0 Å². The van der Waals surface area contributed by atoms with Gasteiger partial charge in [0, 0.05) is 5.75 Å². The van der Waals surface area contributed by atoms with Crippen molar-refractivity contribution in [3.8, 4) is 0 Å². The molecule has 0 unspecified atom stereocenters. The number of alkyl halides is 3. The van der Waals surface area contributed by atoms with Crippen LogP contribution in [0.5, 0.6) is 0 Å². The van der Waals surface area contributed by atoms with Crippen LogP contribution in [0, 0.1) is 5.41 Å². The molecular weight excluding hydrogens is 261 g/mol. The van der Waals surface area contributed by atoms with Crippen LogP contribution >= 0.6 is 24.2 Å². The molecule has 0 radical (unpaired) electrons. The predicted molar refractivity (Wildman–Crippen MR) is 61.9 cm³/mol. The van der Waals surface area contributed by atoms with Gasteiger partial charge in [-0.1, -0.05) is 30.0 Å². The average molecular weight is 271 g/mol. The number of benzene rings is 1. The summed E-state index contributed by atoms with van der Waals surface area (Å²) < 4.78 is 36.9. The minimum absolute atomic E-state index is 0. The van der Waals surface area contributed by atoms with E-state index in [4.69, 9.17) is 11.1 Å². The van der Waals surface area contributed by atoms with Crippen LogP contribution in [0.3, 0.4) is 0 Å². The van der Waals surface area contributed by atoms with Gasteiger partial charge in [-0.3, -0.25) is 5.41 Å². The molecule has 3 N–H and O–H groups in total. The van der Waals surface area contributed by atoms with E-state index >= 15 is 0 Å². The zero-order chi connectivity index (χ0) is 11.5. The summed E-state index contributed by atoms with van der Waals surface area (Å²) in [6.45, 7) is 0. The van der Waals surface area contributed by atoms with Gasteiger partial charge in [0.25, 0.3) is 0 Å². The van der Waals surface area contributed by atoms with Crippen molar-refractivity contribution in [2.75, 3.05) is 0 Å². The van der Waals surface area contributed by atoms with E-state index in [0.717, 1.165) is 23.9 Å². The Balaban J connectivity index is 0.00000225. The van der Waals surface area contributed by atoms with E-state index in [1.54, 1.807) is 6.07 Å². The van der Waals surface area contributed by atoms with Crippen molar-refractivity contribution in [3.05, 3.63) is 35.4 Å². The Hall–Kier alpha value is -0.880. The summed E-state index contributed by atoms with van der Waals surface area (Å²) >= 11 is 0.997. The molecule has 0 bridgehead atoms. The molecule has 1 aromatic rings. The molecule has 0 saturated carbocycles. The van der Waals surface area contributed by atoms with E-state index in [1.807, 2.05) is 0 Å². The number of halogens is 4. The van der Waals surface area contributed by atoms with Crippen molar-refractivity contribution in [2.45, 2.75) is 11.9 Å². The molecule has 0 atom stereocenters. The van der Waals surface area contributed by atoms with Gasteiger partial charge in [0.15, 0.2) is 5.17 Å². The van der Waals surface area contributed by atoms with E-state index in [2.05, 4.69) is 0 Å². The number of thioether (sulfide) groups is 1. The van der Waals surface area contributed by atoms with Crippen LogP contribution in [-0.2, 0) is 11.9 Å². The third-order valence-corrected chi connectivity index (χ3v) is 2.44. The van der Waals surface area contributed by atoms with Gasteiger partial charge >= 0.3 is 6.18 Å². The Bertz CT molecular complexity index is 368. The van der Waals surface area contributed by atoms with Crippen molar-refractivity contribution in [3.63, 3.8) is 0 Å². The SMILES string of the molecule is Cl.N=C(N)SCc1cccc(C(F)(F)F)c1. The highest BCUT2D eigenvalue weighted by Gasteiger charge is 2.30. The summed E-state index contributed by atoms with van der Waals surface area (Å²) in [6.07, 6.45) is -4.32. The smallest absolute Gasteiger partial charge is 0.379 e. The number of amidine groups is 1. The molecule has 0 heterocycles. The van der Waals surface area contributed by atoms with Gasteiger partial charge < -0.3 is 5.73 Å². The maximum atomic E-state index is 12.3. The van der Waals surface area contributed by atoms with Gasteiger partial charge in [-0.15, -0.1) is 12.4 Å². The highest BCUT2D eigenvalue weighted by Crippen LogP contribution is 2.30. The Morgan fingerprint density at radius 2 is 2.00 bits per heavy atom. The molecule has 0 aliphatic carbocycles. The molecule has 0 aliphatic rings. The van der Waals surface area contributed by atoms with Crippen molar-refractivity contribution >= 4 is 29.3 Å². The highest BCUT2D eigenvalue weighted by atomic mass is 35.5. The number of rotatable bonds is 2. The molecule has 2 nitrogen and oxygen atoms in total. The van der Waals surface area contributed by atoms with Crippen molar-refractivity contribution in [2.24, 2.45) is 5.73 Å². The zero-order valence-corrected chi connectivity index (χ0v) is 9.68. The molecule has 1 rings (SSSR count). The van der Waals surface area contributed by atoms with Crippen LogP contribution in [0.25, 0.3) is 0 Å². The van der Waals surface area contributed by atoms with Crippen molar-refractivity contribution < 1.29 is 13.2 Å². The number of hydrogen-bond acceptors (Lipinski definition) is 2. The lowest BCUT2D eigenvalue weighted by Gasteiger charge is -2.08. The normalized spacial score (nSPS) is 10.7. The minimum Gasteiger partial charge on any atom is -0.379 e. The summed E-state index contributed by atoms with van der Waals surface area (Å²) in [4.78, 5) is 0. The topological polar surface area (TPSA) is 49.9 Å². The van der Waals surface area contributed by atoms with Crippen molar-refractivity contribution in [1.29, 1.82) is 5.41 Å². The second kappa shape index (κ2) is 6.00. The fourth-order valence-electron chi connectivity index (χ4n) is 0.999. The van der Waals surface area contributed by atoms with E-state index in [-0.39, 0.29) is 23.3 Å². The van der Waals surface area contributed by atoms with E-state index in [1.165, 1.54) is 6.07 Å². The van der Waals surface area contributed by atoms with Gasteiger partial charge in [0.2, 0.25) is 0 Å². The first-order valence-corrected chi connectivity index (χ1v) is 5.01. The molecule has 1 aromatic carbocycles. The Morgan fingerprint density at radius 1 is 1.38 bits per heavy atom. The summed E-state index contributed by atoms with van der Waals surface area (Å²) in [6, 6.07) is 5.00. The fourth-order valence-corrected chi connectivity index (χ4v) is 1.50. The minimum atomic E-state index is -4.32. The first-order chi connectivity index (χ1) is 6.89. The van der Waals surface area contributed by atoms with Crippen LogP contribution in [0.4, 0.5) is 13.2 Å². The second-order valence-corrected chi connectivity index (χ2v) is 3.87. The number of nitrogens with two attached hydrogens (primary N) is 1. The van der Waals surface area contributed by atoms with Crippen LogP contribution in [0.2, 0.25) is 0 Å². The molecule has 0 fully saturated rings. The lowest BCUT2D eigenvalue weighted by Crippen LogP contribution is -2.06. The zero-order valence-electron chi connectivity index (χ0n) is 8.04. The average Bonchev–Trinajstić information content (AvgIpc) is 2.14. The molecule has 7 heteroatoms. The van der Waals surface area contributed by atoms with Gasteiger partial charge in [-0.25, -0.2) is 0 Å².